The highest BCUT2D eigenvalue weighted by Gasteiger charge is 2.26. The van der Waals surface area contributed by atoms with Crippen LogP contribution in [0.2, 0.25) is 0 Å². The first kappa shape index (κ1) is 12.7. The molecular formula is C4N8O8-2. The number of rotatable bonds is 5. The number of aromatic nitrogens is 4. The predicted molar refractivity (Wildman–Crippen MR) is 49.9 cm³/mol. The summed E-state index contributed by atoms with van der Waals surface area (Å²) in [4.78, 5) is 19.6. The smallest absolute Gasteiger partial charge is 0.261 e. The SMILES string of the molecule is O=[N+]([O-])[N-]c1c(-c2no[n+]([O-])c2[N-][N+](=O)[O-])no[n+]1[O-]. The Labute approximate surface area is 105 Å². The van der Waals surface area contributed by atoms with Crippen molar-refractivity contribution in [2.24, 2.45) is 0 Å². The lowest BCUT2D eigenvalue weighted by Gasteiger charge is -1.99. The summed E-state index contributed by atoms with van der Waals surface area (Å²) < 4.78 is 8.06. The summed E-state index contributed by atoms with van der Waals surface area (Å²) in [7, 11) is 0. The Bertz CT molecular complexity index is 616. The molecule has 0 unspecified atom stereocenters. The Morgan fingerprint density at radius 3 is 1.55 bits per heavy atom. The van der Waals surface area contributed by atoms with Crippen LogP contribution in [0, 0.1) is 30.6 Å². The first-order chi connectivity index (χ1) is 9.40. The molecule has 0 N–H and O–H groups in total. The van der Waals surface area contributed by atoms with E-state index in [0.717, 1.165) is 0 Å². The Morgan fingerprint density at radius 1 is 0.900 bits per heavy atom. The third kappa shape index (κ3) is 2.14. The Balaban J connectivity index is 2.52. The van der Waals surface area contributed by atoms with Crippen molar-refractivity contribution in [2.75, 3.05) is 0 Å². The lowest BCUT2D eigenvalue weighted by Crippen LogP contribution is -2.24. The zero-order chi connectivity index (χ0) is 14.9. The molecule has 16 nitrogen and oxygen atoms in total. The quantitative estimate of drug-likeness (QED) is 0.370. The van der Waals surface area contributed by atoms with Crippen molar-refractivity contribution in [3.8, 4) is 11.4 Å². The predicted octanol–water partition coefficient (Wildman–Crippen LogP) is -1.01. The fourth-order valence-corrected chi connectivity index (χ4v) is 1.11. The fourth-order valence-electron chi connectivity index (χ4n) is 1.11. The molecule has 0 saturated carbocycles. The molecule has 0 bridgehead atoms. The zero-order valence-electron chi connectivity index (χ0n) is 8.84. The van der Waals surface area contributed by atoms with Crippen molar-refractivity contribution in [1.82, 2.24) is 10.3 Å². The van der Waals surface area contributed by atoms with E-state index in [1.165, 1.54) is 0 Å². The van der Waals surface area contributed by atoms with Gasteiger partial charge >= 0.3 is 0 Å². The van der Waals surface area contributed by atoms with Gasteiger partial charge in [0.05, 0.1) is 10.9 Å². The van der Waals surface area contributed by atoms with Crippen LogP contribution in [0.15, 0.2) is 9.26 Å². The van der Waals surface area contributed by atoms with Gasteiger partial charge in [0, 0.05) is 0 Å². The third-order valence-corrected chi connectivity index (χ3v) is 1.76. The molecule has 0 radical (unpaired) electrons. The third-order valence-electron chi connectivity index (χ3n) is 1.76. The molecule has 20 heavy (non-hydrogen) atoms. The minimum atomic E-state index is -1.25. The molecule has 2 aromatic rings. The summed E-state index contributed by atoms with van der Waals surface area (Å²) in [5.41, 5.74) is 3.82. The van der Waals surface area contributed by atoms with Crippen LogP contribution in [0.25, 0.3) is 22.2 Å². The van der Waals surface area contributed by atoms with Crippen molar-refractivity contribution in [3.63, 3.8) is 0 Å². The van der Waals surface area contributed by atoms with E-state index >= 15 is 0 Å². The highest BCUT2D eigenvalue weighted by Crippen LogP contribution is 2.33. The molecule has 106 valence electrons. The van der Waals surface area contributed by atoms with Crippen LogP contribution in [0.4, 0.5) is 11.6 Å². The van der Waals surface area contributed by atoms with Gasteiger partial charge in [0.15, 0.2) is 21.5 Å². The minimum Gasteiger partial charge on any atom is -0.459 e. The second kappa shape index (κ2) is 4.51. The zero-order valence-corrected chi connectivity index (χ0v) is 8.84. The second-order valence-corrected chi connectivity index (χ2v) is 2.88. The number of hydrogen-bond acceptors (Lipinski definition) is 10. The molecule has 0 aliphatic rings. The minimum absolute atomic E-state index is 0.460. The monoisotopic (exact) mass is 288 g/mol. The molecule has 0 saturated heterocycles. The highest BCUT2D eigenvalue weighted by atomic mass is 16.8. The van der Waals surface area contributed by atoms with E-state index in [1.807, 2.05) is 0 Å². The molecule has 0 aliphatic carbocycles. The summed E-state index contributed by atoms with van der Waals surface area (Å²) in [5.74, 6) is -1.99. The summed E-state index contributed by atoms with van der Waals surface area (Å²) >= 11 is 0. The number of hydrogen-bond donors (Lipinski definition) is 0. The summed E-state index contributed by atoms with van der Waals surface area (Å²) in [6.07, 6.45) is 0. The highest BCUT2D eigenvalue weighted by molar-refractivity contribution is 5.74. The summed E-state index contributed by atoms with van der Waals surface area (Å²) in [5, 5.41) is 46.2. The molecule has 2 aromatic heterocycles. The average molecular weight is 288 g/mol. The van der Waals surface area contributed by atoms with E-state index in [9.17, 15) is 30.6 Å². The fraction of sp³-hybridized carbons (Fsp3) is 0. The van der Waals surface area contributed by atoms with Crippen LogP contribution in [0.3, 0.4) is 0 Å². The second-order valence-electron chi connectivity index (χ2n) is 2.88. The first-order valence-electron chi connectivity index (χ1n) is 4.32. The Kier molecular flexibility index (Phi) is 2.87. The van der Waals surface area contributed by atoms with Gasteiger partial charge in [0.25, 0.3) is 11.6 Å². The van der Waals surface area contributed by atoms with Crippen molar-refractivity contribution in [3.05, 3.63) is 41.5 Å². The van der Waals surface area contributed by atoms with Crippen LogP contribution in [-0.2, 0) is 0 Å². The normalized spacial score (nSPS) is 10.2. The molecule has 2 heterocycles. The molecule has 0 spiro atoms. The maximum atomic E-state index is 11.1. The molecular weight excluding hydrogens is 288 g/mol. The van der Waals surface area contributed by atoms with Gasteiger partial charge in [-0.05, 0) is 0 Å². The van der Waals surface area contributed by atoms with Crippen LogP contribution >= 0.6 is 0 Å². The molecule has 2 rings (SSSR count). The topological polar surface area (TPSA) is 220 Å². The maximum absolute atomic E-state index is 11.1. The standard InChI is InChI=1S/C4N8O8/c13-9-3(5-11(15)16)1(7-19-9)2-4(6-12(17)18)10(14)20-8-2/q-2. The largest absolute Gasteiger partial charge is 0.459 e. The van der Waals surface area contributed by atoms with Gasteiger partial charge in [0.2, 0.25) is 0 Å². The molecule has 16 heteroatoms. The van der Waals surface area contributed by atoms with E-state index < -0.39 is 42.9 Å². The lowest BCUT2D eigenvalue weighted by molar-refractivity contribution is -0.793. The van der Waals surface area contributed by atoms with Crippen molar-refractivity contribution >= 4 is 11.6 Å². The van der Waals surface area contributed by atoms with Crippen LogP contribution in [-0.4, -0.2) is 20.4 Å². The van der Waals surface area contributed by atoms with E-state index in [-0.39, 0.29) is 0 Å². The van der Waals surface area contributed by atoms with E-state index in [1.54, 1.807) is 0 Å². The van der Waals surface area contributed by atoms with E-state index in [4.69, 9.17) is 0 Å². The molecule has 0 aromatic carbocycles. The number of nitrogens with zero attached hydrogens (tertiary/aromatic N) is 8. The van der Waals surface area contributed by atoms with Gasteiger partial charge in [-0.25, -0.2) is 20.2 Å². The molecule has 0 amide bonds. The Hall–Kier alpha value is -3.72. The van der Waals surface area contributed by atoms with Crippen LogP contribution in [0.5, 0.6) is 0 Å². The average Bonchev–Trinajstić information content (AvgIpc) is 2.85. The van der Waals surface area contributed by atoms with Gasteiger partial charge in [0.1, 0.15) is 0 Å². The van der Waals surface area contributed by atoms with Gasteiger partial charge in [-0.3, -0.25) is 0 Å². The Morgan fingerprint density at radius 2 is 1.25 bits per heavy atom. The van der Waals surface area contributed by atoms with E-state index in [2.05, 4.69) is 30.4 Å². The van der Waals surface area contributed by atoms with E-state index in [0.29, 0.717) is 0 Å². The van der Waals surface area contributed by atoms with Crippen molar-refractivity contribution in [1.29, 1.82) is 0 Å². The van der Waals surface area contributed by atoms with Crippen LogP contribution < -0.4 is 9.81 Å². The van der Waals surface area contributed by atoms with Crippen LogP contribution in [0.1, 0.15) is 0 Å². The molecule has 0 atom stereocenters. The molecule has 0 fully saturated rings. The van der Waals surface area contributed by atoms with Gasteiger partial charge in [-0.15, -0.1) is 0 Å². The first-order valence-corrected chi connectivity index (χ1v) is 4.32. The molecule has 0 aliphatic heterocycles. The summed E-state index contributed by atoms with van der Waals surface area (Å²) in [6.45, 7) is 0. The van der Waals surface area contributed by atoms with Gasteiger partial charge < -0.3 is 19.7 Å². The van der Waals surface area contributed by atoms with Gasteiger partial charge in [-0.2, -0.15) is 20.1 Å². The maximum Gasteiger partial charge on any atom is 0.261 e. The number of nitro groups is 2. The summed E-state index contributed by atoms with van der Waals surface area (Å²) in [6, 6.07) is 0. The van der Waals surface area contributed by atoms with Gasteiger partial charge in [-0.1, -0.05) is 0 Å². The van der Waals surface area contributed by atoms with Crippen molar-refractivity contribution in [2.45, 2.75) is 0 Å². The lowest BCUT2D eigenvalue weighted by atomic mass is 10.3. The van der Waals surface area contributed by atoms with Crippen molar-refractivity contribution < 1.29 is 29.1 Å².